The highest BCUT2D eigenvalue weighted by molar-refractivity contribution is 6.30. The van der Waals surface area contributed by atoms with Crippen LogP contribution < -0.4 is 16.0 Å². The van der Waals surface area contributed by atoms with Gasteiger partial charge in [-0.3, -0.25) is 5.84 Å². The molecule has 18 heavy (non-hydrogen) atoms. The standard InChI is InChI=1S/C12H15ClN4O/c1-17-6-5-15-12(17)11(16-14)8-18-10-4-2-3-9(13)7-10/h2-7,11,16H,8,14H2,1H3. The van der Waals surface area contributed by atoms with Gasteiger partial charge in [-0.25, -0.2) is 10.4 Å². The maximum Gasteiger partial charge on any atom is 0.130 e. The van der Waals surface area contributed by atoms with E-state index in [0.29, 0.717) is 17.4 Å². The molecule has 6 heteroatoms. The van der Waals surface area contributed by atoms with Crippen LogP contribution in [0.4, 0.5) is 0 Å². The van der Waals surface area contributed by atoms with E-state index in [1.165, 1.54) is 0 Å². The highest BCUT2D eigenvalue weighted by Crippen LogP contribution is 2.18. The van der Waals surface area contributed by atoms with Crippen molar-refractivity contribution >= 4 is 11.6 Å². The molecule has 2 rings (SSSR count). The average Bonchev–Trinajstić information content (AvgIpc) is 2.77. The van der Waals surface area contributed by atoms with Gasteiger partial charge in [0.1, 0.15) is 24.2 Å². The second-order valence-corrected chi connectivity index (χ2v) is 4.32. The van der Waals surface area contributed by atoms with Gasteiger partial charge in [-0.05, 0) is 18.2 Å². The number of benzene rings is 1. The molecule has 1 unspecified atom stereocenters. The molecule has 1 aromatic carbocycles. The highest BCUT2D eigenvalue weighted by atomic mass is 35.5. The Morgan fingerprint density at radius 1 is 1.56 bits per heavy atom. The smallest absolute Gasteiger partial charge is 0.130 e. The fourth-order valence-corrected chi connectivity index (χ4v) is 1.83. The monoisotopic (exact) mass is 266 g/mol. The van der Waals surface area contributed by atoms with Gasteiger partial charge in [0.2, 0.25) is 0 Å². The molecular weight excluding hydrogens is 252 g/mol. The number of hydrogen-bond acceptors (Lipinski definition) is 4. The van der Waals surface area contributed by atoms with E-state index < -0.39 is 0 Å². The molecule has 0 bridgehead atoms. The molecule has 0 fully saturated rings. The Labute approximate surface area is 110 Å². The van der Waals surface area contributed by atoms with E-state index in [-0.39, 0.29) is 6.04 Å². The number of imidazole rings is 1. The maximum atomic E-state index is 5.88. The van der Waals surface area contributed by atoms with Crippen LogP contribution in [0.5, 0.6) is 5.75 Å². The van der Waals surface area contributed by atoms with Crippen molar-refractivity contribution in [2.75, 3.05) is 6.61 Å². The van der Waals surface area contributed by atoms with Crippen molar-refractivity contribution in [3.05, 3.63) is 47.5 Å². The lowest BCUT2D eigenvalue weighted by Gasteiger charge is -2.16. The molecule has 0 aliphatic carbocycles. The zero-order valence-corrected chi connectivity index (χ0v) is 10.8. The molecule has 1 atom stereocenters. The summed E-state index contributed by atoms with van der Waals surface area (Å²) in [5.41, 5.74) is 2.69. The Morgan fingerprint density at radius 3 is 3.00 bits per heavy atom. The third-order valence-electron chi connectivity index (χ3n) is 2.58. The first-order chi connectivity index (χ1) is 8.70. The van der Waals surface area contributed by atoms with E-state index in [0.717, 1.165) is 5.82 Å². The lowest BCUT2D eigenvalue weighted by Crippen LogP contribution is -2.34. The summed E-state index contributed by atoms with van der Waals surface area (Å²) in [5.74, 6) is 7.04. The zero-order valence-electron chi connectivity index (χ0n) is 10.0. The number of aromatic nitrogens is 2. The van der Waals surface area contributed by atoms with E-state index in [1.807, 2.05) is 29.9 Å². The summed E-state index contributed by atoms with van der Waals surface area (Å²) in [6, 6.07) is 7.06. The van der Waals surface area contributed by atoms with E-state index in [4.69, 9.17) is 22.2 Å². The van der Waals surface area contributed by atoms with Crippen LogP contribution in [0.1, 0.15) is 11.9 Å². The van der Waals surface area contributed by atoms with E-state index in [1.54, 1.807) is 18.3 Å². The van der Waals surface area contributed by atoms with Crippen LogP contribution in [0.3, 0.4) is 0 Å². The second kappa shape index (κ2) is 5.86. The zero-order chi connectivity index (χ0) is 13.0. The number of hydrogen-bond donors (Lipinski definition) is 2. The summed E-state index contributed by atoms with van der Waals surface area (Å²) in [5, 5.41) is 0.641. The predicted octanol–water partition coefficient (Wildman–Crippen LogP) is 1.66. The van der Waals surface area contributed by atoms with Gasteiger partial charge >= 0.3 is 0 Å². The van der Waals surface area contributed by atoms with Crippen molar-refractivity contribution in [2.24, 2.45) is 12.9 Å². The number of halogens is 1. The molecular formula is C12H15ClN4O. The van der Waals surface area contributed by atoms with Crippen LogP contribution in [-0.4, -0.2) is 16.2 Å². The normalized spacial score (nSPS) is 12.4. The number of nitrogens with zero attached hydrogens (tertiary/aromatic N) is 2. The van der Waals surface area contributed by atoms with Crippen molar-refractivity contribution < 1.29 is 4.74 Å². The van der Waals surface area contributed by atoms with Gasteiger partial charge in [0.15, 0.2) is 0 Å². The Balaban J connectivity index is 2.02. The summed E-state index contributed by atoms with van der Waals surface area (Å²) in [6.45, 7) is 0.377. The van der Waals surface area contributed by atoms with Crippen LogP contribution in [0, 0.1) is 0 Å². The minimum Gasteiger partial charge on any atom is -0.491 e. The fraction of sp³-hybridized carbons (Fsp3) is 0.250. The molecule has 3 N–H and O–H groups in total. The fourth-order valence-electron chi connectivity index (χ4n) is 1.65. The number of rotatable bonds is 5. The van der Waals surface area contributed by atoms with Crippen LogP contribution >= 0.6 is 11.6 Å². The molecule has 0 radical (unpaired) electrons. The van der Waals surface area contributed by atoms with Crippen LogP contribution in [0.15, 0.2) is 36.7 Å². The summed E-state index contributed by atoms with van der Waals surface area (Å²) in [4.78, 5) is 4.23. The second-order valence-electron chi connectivity index (χ2n) is 3.88. The molecule has 0 spiro atoms. The first kappa shape index (κ1) is 12.9. The predicted molar refractivity (Wildman–Crippen MR) is 70.2 cm³/mol. The average molecular weight is 267 g/mol. The molecule has 0 aliphatic rings. The van der Waals surface area contributed by atoms with Gasteiger partial charge in [0, 0.05) is 24.5 Å². The van der Waals surface area contributed by atoms with Crippen molar-refractivity contribution in [3.63, 3.8) is 0 Å². The van der Waals surface area contributed by atoms with Crippen molar-refractivity contribution in [3.8, 4) is 5.75 Å². The number of nitrogens with one attached hydrogen (secondary N) is 1. The van der Waals surface area contributed by atoms with E-state index in [2.05, 4.69) is 10.4 Å². The minimum absolute atomic E-state index is 0.177. The Bertz CT molecular complexity index is 514. The molecule has 2 aromatic rings. The highest BCUT2D eigenvalue weighted by Gasteiger charge is 2.14. The number of nitrogens with two attached hydrogens (primary N) is 1. The van der Waals surface area contributed by atoms with Gasteiger partial charge in [-0.15, -0.1) is 0 Å². The van der Waals surface area contributed by atoms with Gasteiger partial charge in [-0.1, -0.05) is 17.7 Å². The van der Waals surface area contributed by atoms with Gasteiger partial charge < -0.3 is 9.30 Å². The number of hydrazine groups is 1. The first-order valence-corrected chi connectivity index (χ1v) is 5.90. The molecule has 0 amide bonds. The van der Waals surface area contributed by atoms with E-state index in [9.17, 15) is 0 Å². The first-order valence-electron chi connectivity index (χ1n) is 5.52. The lowest BCUT2D eigenvalue weighted by molar-refractivity contribution is 0.259. The summed E-state index contributed by atoms with van der Waals surface area (Å²) in [6.07, 6.45) is 3.58. The summed E-state index contributed by atoms with van der Waals surface area (Å²) in [7, 11) is 1.91. The number of ether oxygens (including phenoxy) is 1. The van der Waals surface area contributed by atoms with Gasteiger partial charge in [-0.2, -0.15) is 0 Å². The lowest BCUT2D eigenvalue weighted by atomic mass is 10.3. The van der Waals surface area contributed by atoms with E-state index >= 15 is 0 Å². The SMILES string of the molecule is Cn1ccnc1C(COc1cccc(Cl)c1)NN. The Kier molecular flexibility index (Phi) is 4.19. The van der Waals surface area contributed by atoms with Gasteiger partial charge in [0.05, 0.1) is 0 Å². The van der Waals surface area contributed by atoms with Crippen LogP contribution in [-0.2, 0) is 7.05 Å². The van der Waals surface area contributed by atoms with Crippen LogP contribution in [0.2, 0.25) is 5.02 Å². The van der Waals surface area contributed by atoms with Gasteiger partial charge in [0.25, 0.3) is 0 Å². The molecule has 1 heterocycles. The topological polar surface area (TPSA) is 65.1 Å². The van der Waals surface area contributed by atoms with Crippen molar-refractivity contribution in [1.29, 1.82) is 0 Å². The molecule has 1 aromatic heterocycles. The van der Waals surface area contributed by atoms with Crippen molar-refractivity contribution in [2.45, 2.75) is 6.04 Å². The van der Waals surface area contributed by atoms with Crippen molar-refractivity contribution in [1.82, 2.24) is 15.0 Å². The van der Waals surface area contributed by atoms with Crippen LogP contribution in [0.25, 0.3) is 0 Å². The Hall–Kier alpha value is -1.56. The number of aryl methyl sites for hydroxylation is 1. The third kappa shape index (κ3) is 3.01. The quantitative estimate of drug-likeness (QED) is 0.638. The molecule has 0 saturated carbocycles. The molecule has 0 saturated heterocycles. The largest absolute Gasteiger partial charge is 0.491 e. The summed E-state index contributed by atoms with van der Waals surface area (Å²) < 4.78 is 7.53. The minimum atomic E-state index is -0.177. The Morgan fingerprint density at radius 2 is 2.39 bits per heavy atom. The molecule has 0 aliphatic heterocycles. The molecule has 96 valence electrons. The molecule has 5 nitrogen and oxygen atoms in total. The maximum absolute atomic E-state index is 5.88. The third-order valence-corrected chi connectivity index (χ3v) is 2.82. The summed E-state index contributed by atoms with van der Waals surface area (Å²) >= 11 is 5.88.